The van der Waals surface area contributed by atoms with Gasteiger partial charge in [-0.15, -0.1) is 0 Å². The van der Waals surface area contributed by atoms with Gasteiger partial charge in [-0.05, 0) is 12.1 Å². The van der Waals surface area contributed by atoms with Crippen LogP contribution in [0.3, 0.4) is 0 Å². The lowest BCUT2D eigenvalue weighted by Crippen LogP contribution is -2.22. The van der Waals surface area contributed by atoms with E-state index in [2.05, 4.69) is 0 Å². The second kappa shape index (κ2) is 3.73. The maximum absolute atomic E-state index is 11.8. The van der Waals surface area contributed by atoms with Crippen LogP contribution in [0.2, 0.25) is 0 Å². The number of nitrogens with zero attached hydrogens (tertiary/aromatic N) is 1. The normalized spacial score (nSPS) is 11.6. The maximum Gasteiger partial charge on any atom is 0.390 e. The summed E-state index contributed by atoms with van der Waals surface area (Å²) < 4.78 is 36.2. The summed E-state index contributed by atoms with van der Waals surface area (Å²) in [6, 6.07) is 2.44. The van der Waals surface area contributed by atoms with E-state index in [0.29, 0.717) is 0 Å². The SMILES string of the molecule is O=c1c(O)cccn1CCC(F)(F)F. The van der Waals surface area contributed by atoms with Crippen molar-refractivity contribution in [3.63, 3.8) is 0 Å². The molecule has 6 heteroatoms. The molecule has 0 aromatic carbocycles. The van der Waals surface area contributed by atoms with E-state index >= 15 is 0 Å². The summed E-state index contributed by atoms with van der Waals surface area (Å²) in [7, 11) is 0. The van der Waals surface area contributed by atoms with E-state index in [0.717, 1.165) is 10.6 Å². The molecule has 1 aromatic rings. The van der Waals surface area contributed by atoms with E-state index in [4.69, 9.17) is 5.11 Å². The van der Waals surface area contributed by atoms with Crippen molar-refractivity contribution in [3.8, 4) is 5.75 Å². The molecule has 0 aliphatic rings. The Morgan fingerprint density at radius 3 is 2.64 bits per heavy atom. The fourth-order valence-corrected chi connectivity index (χ4v) is 0.947. The Morgan fingerprint density at radius 1 is 1.43 bits per heavy atom. The van der Waals surface area contributed by atoms with Gasteiger partial charge in [0, 0.05) is 12.7 Å². The number of halogens is 3. The Labute approximate surface area is 77.4 Å². The van der Waals surface area contributed by atoms with Crippen molar-refractivity contribution in [3.05, 3.63) is 28.7 Å². The number of hydrogen-bond acceptors (Lipinski definition) is 2. The largest absolute Gasteiger partial charge is 0.503 e. The van der Waals surface area contributed by atoms with Gasteiger partial charge >= 0.3 is 6.18 Å². The first-order chi connectivity index (χ1) is 6.40. The van der Waals surface area contributed by atoms with Gasteiger partial charge in [-0.1, -0.05) is 0 Å². The molecule has 0 aliphatic carbocycles. The van der Waals surface area contributed by atoms with Crippen molar-refractivity contribution in [2.24, 2.45) is 0 Å². The Balaban J connectivity index is 2.78. The summed E-state index contributed by atoms with van der Waals surface area (Å²) in [5.74, 6) is -0.547. The van der Waals surface area contributed by atoms with Gasteiger partial charge in [0.05, 0.1) is 6.42 Å². The van der Waals surface area contributed by atoms with E-state index in [-0.39, 0.29) is 0 Å². The molecule has 0 amide bonds. The summed E-state index contributed by atoms with van der Waals surface area (Å²) in [6.07, 6.45) is -4.19. The van der Waals surface area contributed by atoms with E-state index in [1.807, 2.05) is 0 Å². The lowest BCUT2D eigenvalue weighted by molar-refractivity contribution is -0.136. The maximum atomic E-state index is 11.8. The third-order valence-corrected chi connectivity index (χ3v) is 1.64. The molecule has 1 N–H and O–H groups in total. The van der Waals surface area contributed by atoms with Crippen LogP contribution in [0.5, 0.6) is 5.75 Å². The number of alkyl halides is 3. The van der Waals surface area contributed by atoms with Gasteiger partial charge in [0.15, 0.2) is 5.75 Å². The zero-order valence-corrected chi connectivity index (χ0v) is 7.08. The van der Waals surface area contributed by atoms with E-state index in [1.165, 1.54) is 12.3 Å². The molecule has 0 radical (unpaired) electrons. The zero-order chi connectivity index (χ0) is 10.8. The van der Waals surface area contributed by atoms with Crippen molar-refractivity contribution >= 4 is 0 Å². The molecule has 78 valence electrons. The van der Waals surface area contributed by atoms with Crippen LogP contribution in [-0.4, -0.2) is 15.8 Å². The highest BCUT2D eigenvalue weighted by Crippen LogP contribution is 2.19. The van der Waals surface area contributed by atoms with Crippen molar-refractivity contribution in [2.75, 3.05) is 0 Å². The van der Waals surface area contributed by atoms with E-state index in [9.17, 15) is 18.0 Å². The highest BCUT2D eigenvalue weighted by Gasteiger charge is 2.26. The van der Waals surface area contributed by atoms with Crippen LogP contribution in [0.15, 0.2) is 23.1 Å². The van der Waals surface area contributed by atoms with Crippen LogP contribution in [0, 0.1) is 0 Å². The second-order valence-corrected chi connectivity index (χ2v) is 2.76. The van der Waals surface area contributed by atoms with E-state index < -0.39 is 30.5 Å². The summed E-state index contributed by atoms with van der Waals surface area (Å²) in [6.45, 7) is -0.475. The standard InChI is InChI=1S/C8H8F3NO2/c9-8(10,11)3-5-12-4-1-2-6(13)7(12)14/h1-2,4,13H,3,5H2. The number of aromatic nitrogens is 1. The minimum Gasteiger partial charge on any atom is -0.503 e. The molecule has 0 aliphatic heterocycles. The predicted molar refractivity (Wildman–Crippen MR) is 43.0 cm³/mol. The van der Waals surface area contributed by atoms with Gasteiger partial charge in [-0.3, -0.25) is 4.79 Å². The highest BCUT2D eigenvalue weighted by molar-refractivity contribution is 5.14. The van der Waals surface area contributed by atoms with Gasteiger partial charge in [0.2, 0.25) is 0 Å². The molecule has 3 nitrogen and oxygen atoms in total. The monoisotopic (exact) mass is 207 g/mol. The second-order valence-electron chi connectivity index (χ2n) is 2.76. The summed E-state index contributed by atoms with van der Waals surface area (Å²) in [5, 5.41) is 8.91. The minimum atomic E-state index is -4.30. The molecular formula is C8H8F3NO2. The molecule has 0 unspecified atom stereocenters. The summed E-state index contributed by atoms with van der Waals surface area (Å²) >= 11 is 0. The number of pyridine rings is 1. The van der Waals surface area contributed by atoms with Crippen LogP contribution in [0.1, 0.15) is 6.42 Å². The van der Waals surface area contributed by atoms with Crippen LogP contribution in [0.25, 0.3) is 0 Å². The Kier molecular flexibility index (Phi) is 2.83. The average Bonchev–Trinajstić information content (AvgIpc) is 2.06. The van der Waals surface area contributed by atoms with Gasteiger partial charge < -0.3 is 9.67 Å². The molecule has 0 fully saturated rings. The van der Waals surface area contributed by atoms with Gasteiger partial charge in [-0.25, -0.2) is 0 Å². The predicted octanol–water partition coefficient (Wildman–Crippen LogP) is 1.51. The third-order valence-electron chi connectivity index (χ3n) is 1.64. The first kappa shape index (κ1) is 10.6. The van der Waals surface area contributed by atoms with Gasteiger partial charge in [0.25, 0.3) is 5.56 Å². The average molecular weight is 207 g/mol. The van der Waals surface area contributed by atoms with E-state index in [1.54, 1.807) is 0 Å². The molecule has 1 aromatic heterocycles. The van der Waals surface area contributed by atoms with Crippen LogP contribution in [0.4, 0.5) is 13.2 Å². The Bertz CT molecular complexity index is 370. The molecule has 0 bridgehead atoms. The molecule has 0 spiro atoms. The number of aryl methyl sites for hydroxylation is 1. The topological polar surface area (TPSA) is 42.2 Å². The quantitative estimate of drug-likeness (QED) is 0.798. The van der Waals surface area contributed by atoms with Crippen LogP contribution >= 0.6 is 0 Å². The fourth-order valence-electron chi connectivity index (χ4n) is 0.947. The molecule has 1 heterocycles. The van der Waals surface area contributed by atoms with Gasteiger partial charge in [-0.2, -0.15) is 13.2 Å². The third kappa shape index (κ3) is 2.79. The lowest BCUT2D eigenvalue weighted by atomic mass is 10.4. The van der Waals surface area contributed by atoms with Crippen molar-refractivity contribution in [2.45, 2.75) is 19.1 Å². The number of hydrogen-bond donors (Lipinski definition) is 1. The zero-order valence-electron chi connectivity index (χ0n) is 7.08. The first-order valence-corrected chi connectivity index (χ1v) is 3.85. The first-order valence-electron chi connectivity index (χ1n) is 3.85. The van der Waals surface area contributed by atoms with Crippen molar-refractivity contribution < 1.29 is 18.3 Å². The molecular weight excluding hydrogens is 199 g/mol. The summed E-state index contributed by atoms with van der Waals surface area (Å²) in [5.41, 5.74) is -0.809. The van der Waals surface area contributed by atoms with Crippen LogP contribution < -0.4 is 5.56 Å². The molecule has 0 atom stereocenters. The lowest BCUT2D eigenvalue weighted by Gasteiger charge is -2.08. The molecule has 0 saturated carbocycles. The Hall–Kier alpha value is -1.46. The molecule has 1 rings (SSSR count). The minimum absolute atomic E-state index is 0.475. The Morgan fingerprint density at radius 2 is 2.07 bits per heavy atom. The van der Waals surface area contributed by atoms with Crippen molar-refractivity contribution in [1.82, 2.24) is 4.57 Å². The molecule has 14 heavy (non-hydrogen) atoms. The van der Waals surface area contributed by atoms with Crippen molar-refractivity contribution in [1.29, 1.82) is 0 Å². The van der Waals surface area contributed by atoms with Gasteiger partial charge in [0.1, 0.15) is 0 Å². The number of rotatable bonds is 2. The van der Waals surface area contributed by atoms with Crippen LogP contribution in [-0.2, 0) is 6.54 Å². The molecule has 0 saturated heterocycles. The summed E-state index contributed by atoms with van der Waals surface area (Å²) in [4.78, 5) is 11.0. The number of aromatic hydroxyl groups is 1. The fraction of sp³-hybridized carbons (Fsp3) is 0.375. The highest BCUT2D eigenvalue weighted by atomic mass is 19.4. The smallest absolute Gasteiger partial charge is 0.390 e.